The molecule has 0 unspecified atom stereocenters. The number of hydrogen-bond acceptors (Lipinski definition) is 3. The lowest BCUT2D eigenvalue weighted by molar-refractivity contribution is -0.136. The maximum absolute atomic E-state index is 10.6. The van der Waals surface area contributed by atoms with Crippen molar-refractivity contribution in [2.24, 2.45) is 5.92 Å². The van der Waals surface area contributed by atoms with E-state index in [1.54, 1.807) is 5.48 Å². The molecule has 1 fully saturated rings. The number of ether oxygens (including phenoxy) is 1. The molecule has 2 N–H and O–H groups in total. The van der Waals surface area contributed by atoms with E-state index in [0.717, 1.165) is 18.8 Å². The number of rotatable bonds is 3. The van der Waals surface area contributed by atoms with Gasteiger partial charge in [0.05, 0.1) is 6.10 Å². The summed E-state index contributed by atoms with van der Waals surface area (Å²) in [4.78, 5) is 10.6. The van der Waals surface area contributed by atoms with Gasteiger partial charge in [0.1, 0.15) is 6.61 Å². The third-order valence-electron chi connectivity index (χ3n) is 2.54. The van der Waals surface area contributed by atoms with E-state index in [-0.39, 0.29) is 12.7 Å². The fourth-order valence-electron chi connectivity index (χ4n) is 1.62. The van der Waals surface area contributed by atoms with Crippen LogP contribution in [0.1, 0.15) is 32.6 Å². The Morgan fingerprint density at radius 3 is 2.62 bits per heavy atom. The van der Waals surface area contributed by atoms with Crippen LogP contribution in [0.3, 0.4) is 0 Å². The van der Waals surface area contributed by atoms with Crippen molar-refractivity contribution in [3.05, 3.63) is 0 Å². The number of carbonyl (C=O) groups excluding carboxylic acids is 1. The maximum Gasteiger partial charge on any atom is 0.269 e. The number of hydroxylamine groups is 1. The van der Waals surface area contributed by atoms with Crippen LogP contribution < -0.4 is 5.48 Å². The third-order valence-corrected chi connectivity index (χ3v) is 2.54. The summed E-state index contributed by atoms with van der Waals surface area (Å²) in [6, 6.07) is 0. The van der Waals surface area contributed by atoms with Crippen LogP contribution >= 0.6 is 0 Å². The molecular weight excluding hydrogens is 170 g/mol. The van der Waals surface area contributed by atoms with Crippen molar-refractivity contribution in [2.75, 3.05) is 6.61 Å². The molecule has 13 heavy (non-hydrogen) atoms. The molecule has 1 saturated carbocycles. The summed E-state index contributed by atoms with van der Waals surface area (Å²) in [5, 5.41) is 8.23. The molecule has 0 atom stereocenters. The van der Waals surface area contributed by atoms with Gasteiger partial charge in [0, 0.05) is 0 Å². The first kappa shape index (κ1) is 10.5. The summed E-state index contributed by atoms with van der Waals surface area (Å²) in [6.07, 6.45) is 4.60. The van der Waals surface area contributed by atoms with Gasteiger partial charge in [0.25, 0.3) is 5.91 Å². The summed E-state index contributed by atoms with van der Waals surface area (Å²) < 4.78 is 5.31. The fourth-order valence-corrected chi connectivity index (χ4v) is 1.62. The number of hydrogen-bond donors (Lipinski definition) is 2. The van der Waals surface area contributed by atoms with E-state index in [4.69, 9.17) is 9.94 Å². The third kappa shape index (κ3) is 3.74. The summed E-state index contributed by atoms with van der Waals surface area (Å²) in [6.45, 7) is 2.20. The highest BCUT2D eigenvalue weighted by molar-refractivity contribution is 5.75. The van der Waals surface area contributed by atoms with Crippen molar-refractivity contribution < 1.29 is 14.7 Å². The predicted molar refractivity (Wildman–Crippen MR) is 47.3 cm³/mol. The van der Waals surface area contributed by atoms with E-state index >= 15 is 0 Å². The van der Waals surface area contributed by atoms with E-state index in [1.807, 2.05) is 0 Å². The van der Waals surface area contributed by atoms with Crippen molar-refractivity contribution in [1.29, 1.82) is 0 Å². The molecule has 4 nitrogen and oxygen atoms in total. The van der Waals surface area contributed by atoms with Gasteiger partial charge in [-0.2, -0.15) is 0 Å². The normalized spacial score (nSPS) is 28.5. The van der Waals surface area contributed by atoms with Crippen molar-refractivity contribution >= 4 is 5.91 Å². The lowest BCUT2D eigenvalue weighted by atomic mass is 9.89. The Hall–Kier alpha value is -0.610. The number of carbonyl (C=O) groups is 1. The lowest BCUT2D eigenvalue weighted by Gasteiger charge is -2.25. The van der Waals surface area contributed by atoms with Crippen molar-refractivity contribution in [2.45, 2.75) is 38.7 Å². The smallest absolute Gasteiger partial charge is 0.269 e. The van der Waals surface area contributed by atoms with E-state index in [1.165, 1.54) is 12.8 Å². The molecular formula is C9H17NO3. The van der Waals surface area contributed by atoms with Gasteiger partial charge < -0.3 is 4.74 Å². The van der Waals surface area contributed by atoms with Crippen LogP contribution in [0.5, 0.6) is 0 Å². The minimum atomic E-state index is -0.473. The van der Waals surface area contributed by atoms with Crippen molar-refractivity contribution in [3.63, 3.8) is 0 Å². The van der Waals surface area contributed by atoms with Gasteiger partial charge in [0.2, 0.25) is 0 Å². The molecule has 0 aromatic carbocycles. The van der Waals surface area contributed by atoms with Crippen LogP contribution in [0.15, 0.2) is 0 Å². The molecule has 0 aromatic rings. The van der Waals surface area contributed by atoms with Crippen LogP contribution in [-0.4, -0.2) is 23.8 Å². The minimum absolute atomic E-state index is 0.0322. The zero-order chi connectivity index (χ0) is 9.68. The molecule has 1 aliphatic carbocycles. The van der Waals surface area contributed by atoms with Crippen LogP contribution in [0.4, 0.5) is 0 Å². The monoisotopic (exact) mass is 187 g/mol. The number of nitrogens with one attached hydrogen (secondary N) is 1. The predicted octanol–water partition coefficient (Wildman–Crippen LogP) is 1.09. The Morgan fingerprint density at radius 1 is 1.46 bits per heavy atom. The minimum Gasteiger partial charge on any atom is -0.368 e. The van der Waals surface area contributed by atoms with Gasteiger partial charge in [-0.15, -0.1) is 0 Å². The molecule has 0 heterocycles. The van der Waals surface area contributed by atoms with Crippen LogP contribution in [0, 0.1) is 5.92 Å². The van der Waals surface area contributed by atoms with Gasteiger partial charge in [-0.3, -0.25) is 10.0 Å². The van der Waals surface area contributed by atoms with Gasteiger partial charge in [-0.05, 0) is 31.6 Å². The van der Waals surface area contributed by atoms with Gasteiger partial charge in [-0.1, -0.05) is 6.92 Å². The molecule has 0 radical (unpaired) electrons. The van der Waals surface area contributed by atoms with Crippen LogP contribution in [0.25, 0.3) is 0 Å². The molecule has 0 bridgehead atoms. The average molecular weight is 187 g/mol. The lowest BCUT2D eigenvalue weighted by Crippen LogP contribution is -2.29. The van der Waals surface area contributed by atoms with Gasteiger partial charge >= 0.3 is 0 Å². The Bertz CT molecular complexity index is 164. The molecule has 0 spiro atoms. The van der Waals surface area contributed by atoms with E-state index in [0.29, 0.717) is 0 Å². The highest BCUT2D eigenvalue weighted by Gasteiger charge is 2.19. The van der Waals surface area contributed by atoms with Crippen molar-refractivity contribution in [1.82, 2.24) is 5.48 Å². The zero-order valence-electron chi connectivity index (χ0n) is 7.95. The average Bonchev–Trinajstić information content (AvgIpc) is 2.16. The van der Waals surface area contributed by atoms with E-state index in [2.05, 4.69) is 6.92 Å². The molecule has 1 aliphatic rings. The molecule has 1 amide bonds. The summed E-state index contributed by atoms with van der Waals surface area (Å²) in [7, 11) is 0. The fraction of sp³-hybridized carbons (Fsp3) is 0.889. The molecule has 1 rings (SSSR count). The molecule has 4 heteroatoms. The largest absolute Gasteiger partial charge is 0.368 e. The first-order valence-electron chi connectivity index (χ1n) is 4.77. The van der Waals surface area contributed by atoms with Crippen LogP contribution in [-0.2, 0) is 9.53 Å². The van der Waals surface area contributed by atoms with E-state index < -0.39 is 5.91 Å². The second-order valence-corrected chi connectivity index (χ2v) is 3.73. The van der Waals surface area contributed by atoms with Crippen LogP contribution in [0.2, 0.25) is 0 Å². The van der Waals surface area contributed by atoms with E-state index in [9.17, 15) is 4.79 Å². The van der Waals surface area contributed by atoms with Gasteiger partial charge in [0.15, 0.2) is 0 Å². The second kappa shape index (κ2) is 5.19. The maximum atomic E-state index is 10.6. The Morgan fingerprint density at radius 2 is 2.08 bits per heavy atom. The quantitative estimate of drug-likeness (QED) is 0.513. The second-order valence-electron chi connectivity index (χ2n) is 3.73. The topological polar surface area (TPSA) is 58.6 Å². The first-order chi connectivity index (χ1) is 6.22. The summed E-state index contributed by atoms with van der Waals surface area (Å²) >= 11 is 0. The summed E-state index contributed by atoms with van der Waals surface area (Å²) in [5.41, 5.74) is 1.55. The van der Waals surface area contributed by atoms with Gasteiger partial charge in [-0.25, -0.2) is 5.48 Å². The van der Waals surface area contributed by atoms with Crippen molar-refractivity contribution in [3.8, 4) is 0 Å². The zero-order valence-corrected chi connectivity index (χ0v) is 7.95. The highest BCUT2D eigenvalue weighted by atomic mass is 16.5. The first-order valence-corrected chi connectivity index (χ1v) is 4.77. The molecule has 0 aromatic heterocycles. The highest BCUT2D eigenvalue weighted by Crippen LogP contribution is 2.25. The Labute approximate surface area is 78.2 Å². The SMILES string of the molecule is CC1CCC(OCC(=O)NO)CC1. The Balaban J connectivity index is 2.12. The standard InChI is InChI=1S/C9H17NO3/c1-7-2-4-8(5-3-7)13-6-9(11)10-12/h7-8,12H,2-6H2,1H3,(H,10,11). The molecule has 76 valence electrons. The number of amides is 1. The Kier molecular flexibility index (Phi) is 4.18. The molecule has 0 aliphatic heterocycles. The molecule has 0 saturated heterocycles. The summed E-state index contributed by atoms with van der Waals surface area (Å²) in [5.74, 6) is 0.310.